The van der Waals surface area contributed by atoms with E-state index < -0.39 is 30.2 Å². The standard InChI is InChI=1S/C10H18N2O5/c1-10(2)8(16)11(5-7(15)6-14)9(17)12(10)3-4-13/h7,13-15H,3-6H2,1-2H3. The number of hydrogen-bond donors (Lipinski definition) is 3. The summed E-state index contributed by atoms with van der Waals surface area (Å²) in [6.07, 6.45) is -1.15. The lowest BCUT2D eigenvalue weighted by Crippen LogP contribution is -2.45. The van der Waals surface area contributed by atoms with Crippen LogP contribution >= 0.6 is 0 Å². The van der Waals surface area contributed by atoms with Crippen LogP contribution in [0.2, 0.25) is 0 Å². The van der Waals surface area contributed by atoms with Crippen LogP contribution in [-0.2, 0) is 4.79 Å². The Balaban J connectivity index is 2.88. The van der Waals surface area contributed by atoms with Crippen molar-refractivity contribution in [2.45, 2.75) is 25.5 Å². The Labute approximate surface area is 99.2 Å². The molecule has 17 heavy (non-hydrogen) atoms. The van der Waals surface area contributed by atoms with E-state index in [0.29, 0.717) is 0 Å². The van der Waals surface area contributed by atoms with Crippen molar-refractivity contribution in [2.24, 2.45) is 0 Å². The number of amides is 3. The van der Waals surface area contributed by atoms with Crippen molar-refractivity contribution >= 4 is 11.9 Å². The van der Waals surface area contributed by atoms with Crippen LogP contribution in [0, 0.1) is 0 Å². The summed E-state index contributed by atoms with van der Waals surface area (Å²) in [6, 6.07) is -0.554. The monoisotopic (exact) mass is 246 g/mol. The largest absolute Gasteiger partial charge is 0.395 e. The first-order valence-corrected chi connectivity index (χ1v) is 5.39. The maximum Gasteiger partial charge on any atom is 0.327 e. The minimum Gasteiger partial charge on any atom is -0.395 e. The Morgan fingerprint density at radius 1 is 1.29 bits per heavy atom. The van der Waals surface area contributed by atoms with Gasteiger partial charge in [0.1, 0.15) is 5.54 Å². The molecule has 0 bridgehead atoms. The van der Waals surface area contributed by atoms with Gasteiger partial charge in [0, 0.05) is 6.54 Å². The quantitative estimate of drug-likeness (QED) is 0.506. The summed E-state index contributed by atoms with van der Waals surface area (Å²) < 4.78 is 0. The van der Waals surface area contributed by atoms with Gasteiger partial charge < -0.3 is 20.2 Å². The number of carbonyl (C=O) groups excluding carboxylic acids is 2. The zero-order valence-corrected chi connectivity index (χ0v) is 9.96. The summed E-state index contributed by atoms with van der Waals surface area (Å²) >= 11 is 0. The van der Waals surface area contributed by atoms with Crippen LogP contribution in [0.4, 0.5) is 4.79 Å². The molecule has 1 unspecified atom stereocenters. The zero-order chi connectivity index (χ0) is 13.2. The molecule has 0 aromatic heterocycles. The fraction of sp³-hybridized carbons (Fsp3) is 0.800. The number of rotatable bonds is 5. The van der Waals surface area contributed by atoms with Gasteiger partial charge in [0.05, 0.1) is 25.9 Å². The van der Waals surface area contributed by atoms with Crippen molar-refractivity contribution in [3.63, 3.8) is 0 Å². The number of imide groups is 1. The van der Waals surface area contributed by atoms with E-state index in [9.17, 15) is 14.7 Å². The molecular weight excluding hydrogens is 228 g/mol. The summed E-state index contributed by atoms with van der Waals surface area (Å²) in [5.41, 5.74) is -1.03. The Morgan fingerprint density at radius 3 is 2.35 bits per heavy atom. The van der Waals surface area contributed by atoms with Gasteiger partial charge in [0.2, 0.25) is 0 Å². The molecule has 1 atom stereocenters. The number of hydrogen-bond acceptors (Lipinski definition) is 5. The Morgan fingerprint density at radius 2 is 1.88 bits per heavy atom. The molecule has 1 fully saturated rings. The van der Waals surface area contributed by atoms with Crippen molar-refractivity contribution in [1.82, 2.24) is 9.80 Å². The van der Waals surface area contributed by atoms with E-state index in [2.05, 4.69) is 0 Å². The summed E-state index contributed by atoms with van der Waals surface area (Å²) in [6.45, 7) is 2.22. The highest BCUT2D eigenvalue weighted by Gasteiger charge is 2.50. The average molecular weight is 246 g/mol. The van der Waals surface area contributed by atoms with E-state index in [1.807, 2.05) is 0 Å². The predicted molar refractivity (Wildman–Crippen MR) is 58.1 cm³/mol. The molecule has 1 aliphatic heterocycles. The third-order valence-electron chi connectivity index (χ3n) is 2.83. The number of β-amino-alcohol motifs (C(OH)–C–C–N with tert-alkyl or cyclic N) is 2. The van der Waals surface area contributed by atoms with E-state index in [1.54, 1.807) is 13.8 Å². The second-order valence-corrected chi connectivity index (χ2v) is 4.47. The highest BCUT2D eigenvalue weighted by molar-refractivity contribution is 6.06. The first-order valence-electron chi connectivity index (χ1n) is 5.39. The predicted octanol–water partition coefficient (Wildman–Crippen LogP) is -1.63. The topological polar surface area (TPSA) is 101 Å². The highest BCUT2D eigenvalue weighted by Crippen LogP contribution is 2.27. The fourth-order valence-corrected chi connectivity index (χ4v) is 1.82. The van der Waals surface area contributed by atoms with Gasteiger partial charge in [0.15, 0.2) is 0 Å². The summed E-state index contributed by atoms with van der Waals surface area (Å²) in [7, 11) is 0. The van der Waals surface area contributed by atoms with Crippen molar-refractivity contribution in [1.29, 1.82) is 0 Å². The summed E-state index contributed by atoms with van der Waals surface area (Å²) in [5, 5.41) is 26.9. The second-order valence-electron chi connectivity index (χ2n) is 4.47. The lowest BCUT2D eigenvalue weighted by molar-refractivity contribution is -0.133. The first kappa shape index (κ1) is 13.9. The molecule has 3 amide bonds. The molecule has 0 aromatic carbocycles. The van der Waals surface area contributed by atoms with E-state index in [4.69, 9.17) is 10.2 Å². The molecule has 0 saturated carbocycles. The van der Waals surface area contributed by atoms with E-state index in [0.717, 1.165) is 4.90 Å². The zero-order valence-electron chi connectivity index (χ0n) is 9.96. The van der Waals surface area contributed by atoms with Gasteiger partial charge in [0.25, 0.3) is 5.91 Å². The summed E-state index contributed by atoms with van der Waals surface area (Å²) in [4.78, 5) is 26.0. The molecule has 1 saturated heterocycles. The maximum atomic E-state index is 12.0. The number of aliphatic hydroxyl groups excluding tert-OH is 3. The molecule has 3 N–H and O–H groups in total. The van der Waals surface area contributed by atoms with Crippen molar-refractivity contribution in [2.75, 3.05) is 26.3 Å². The second kappa shape index (κ2) is 4.99. The van der Waals surface area contributed by atoms with E-state index >= 15 is 0 Å². The average Bonchev–Trinajstić information content (AvgIpc) is 2.43. The molecule has 0 aliphatic carbocycles. The van der Waals surface area contributed by atoms with Crippen LogP contribution in [0.25, 0.3) is 0 Å². The molecule has 7 nitrogen and oxygen atoms in total. The maximum absolute atomic E-state index is 12.0. The van der Waals surface area contributed by atoms with Crippen LogP contribution < -0.4 is 0 Å². The molecule has 1 heterocycles. The molecule has 0 aromatic rings. The highest BCUT2D eigenvalue weighted by atomic mass is 16.3. The minimum atomic E-state index is -1.15. The Kier molecular flexibility index (Phi) is 4.07. The number of nitrogens with zero attached hydrogens (tertiary/aromatic N) is 2. The molecule has 1 rings (SSSR count). The molecule has 0 spiro atoms. The molecule has 0 radical (unpaired) electrons. The summed E-state index contributed by atoms with van der Waals surface area (Å²) in [5.74, 6) is -0.441. The third-order valence-corrected chi connectivity index (χ3v) is 2.83. The van der Waals surface area contributed by atoms with Crippen LogP contribution in [0.1, 0.15) is 13.8 Å². The van der Waals surface area contributed by atoms with Gasteiger partial charge in [-0.2, -0.15) is 0 Å². The van der Waals surface area contributed by atoms with E-state index in [1.165, 1.54) is 4.90 Å². The third kappa shape index (κ3) is 2.41. The normalized spacial score (nSPS) is 21.2. The van der Waals surface area contributed by atoms with Crippen LogP contribution in [0.5, 0.6) is 0 Å². The van der Waals surface area contributed by atoms with Crippen LogP contribution in [0.15, 0.2) is 0 Å². The lowest BCUT2D eigenvalue weighted by atomic mass is 10.0. The van der Waals surface area contributed by atoms with Gasteiger partial charge in [-0.3, -0.25) is 9.69 Å². The number of aliphatic hydroxyl groups is 3. The molecule has 1 aliphatic rings. The van der Waals surface area contributed by atoms with Gasteiger partial charge in [-0.15, -0.1) is 0 Å². The first-order chi connectivity index (χ1) is 7.86. The van der Waals surface area contributed by atoms with Crippen molar-refractivity contribution in [3.05, 3.63) is 0 Å². The van der Waals surface area contributed by atoms with E-state index in [-0.39, 0.29) is 19.7 Å². The number of carbonyl (C=O) groups is 2. The molecule has 7 heteroatoms. The lowest BCUT2D eigenvalue weighted by Gasteiger charge is -2.26. The van der Waals surface area contributed by atoms with Gasteiger partial charge >= 0.3 is 6.03 Å². The van der Waals surface area contributed by atoms with Gasteiger partial charge in [-0.1, -0.05) is 0 Å². The van der Waals surface area contributed by atoms with Crippen molar-refractivity contribution < 1.29 is 24.9 Å². The van der Waals surface area contributed by atoms with Crippen molar-refractivity contribution in [3.8, 4) is 0 Å². The Bertz CT molecular complexity index is 318. The minimum absolute atomic E-state index is 0.0588. The SMILES string of the molecule is CC1(C)C(=O)N(CC(O)CO)C(=O)N1CCO. The van der Waals surface area contributed by atoms with Gasteiger partial charge in [-0.25, -0.2) is 4.79 Å². The van der Waals surface area contributed by atoms with Crippen LogP contribution in [0.3, 0.4) is 0 Å². The molecule has 98 valence electrons. The fourth-order valence-electron chi connectivity index (χ4n) is 1.82. The Hall–Kier alpha value is -1.18. The van der Waals surface area contributed by atoms with Gasteiger partial charge in [-0.05, 0) is 13.8 Å². The smallest absolute Gasteiger partial charge is 0.327 e. The van der Waals surface area contributed by atoms with Crippen LogP contribution in [-0.4, -0.2) is 75.0 Å². The molecular formula is C10H18N2O5. The number of urea groups is 1.